The Labute approximate surface area is 175 Å². The molecule has 0 unspecified atom stereocenters. The molecule has 0 aliphatic carbocycles. The van der Waals surface area contributed by atoms with Crippen molar-refractivity contribution in [3.8, 4) is 0 Å². The van der Waals surface area contributed by atoms with E-state index in [-0.39, 0.29) is 24.9 Å². The van der Waals surface area contributed by atoms with Gasteiger partial charge in [-0.25, -0.2) is 4.79 Å². The molecule has 0 saturated heterocycles. The minimum absolute atomic E-state index is 0.0528. The van der Waals surface area contributed by atoms with Crippen molar-refractivity contribution in [3.05, 3.63) is 58.6 Å². The Kier molecular flexibility index (Phi) is 8.18. The summed E-state index contributed by atoms with van der Waals surface area (Å²) < 4.78 is 4.64. The van der Waals surface area contributed by atoms with Crippen molar-refractivity contribution in [2.45, 2.75) is 13.8 Å². The molecule has 2 aromatic rings. The highest BCUT2D eigenvalue weighted by Gasteiger charge is 2.14. The summed E-state index contributed by atoms with van der Waals surface area (Å²) in [6.45, 7) is 4.39. The predicted octanol–water partition coefficient (Wildman–Crippen LogP) is 3.33. The van der Waals surface area contributed by atoms with Crippen molar-refractivity contribution in [1.82, 2.24) is 4.90 Å². The molecule has 154 valence electrons. The number of nitrogens with zero attached hydrogens (tertiary/aromatic N) is 1. The van der Waals surface area contributed by atoms with Crippen molar-refractivity contribution in [2.24, 2.45) is 0 Å². The van der Waals surface area contributed by atoms with Crippen LogP contribution >= 0.6 is 11.6 Å². The molecule has 2 amide bonds. The van der Waals surface area contributed by atoms with E-state index >= 15 is 0 Å². The first-order chi connectivity index (χ1) is 13.8. The van der Waals surface area contributed by atoms with Crippen LogP contribution in [0.2, 0.25) is 5.02 Å². The van der Waals surface area contributed by atoms with Crippen molar-refractivity contribution >= 4 is 40.8 Å². The van der Waals surface area contributed by atoms with Gasteiger partial charge in [-0.2, -0.15) is 0 Å². The Hall–Kier alpha value is -2.90. The molecule has 0 bridgehead atoms. The number of hydrogen-bond donors (Lipinski definition) is 2. The number of likely N-dealkylation sites (N-methyl/N-ethyl adjacent to an activating group) is 1. The number of ether oxygens (including phenoxy) is 1. The zero-order valence-electron chi connectivity index (χ0n) is 16.6. The average Bonchev–Trinajstić information content (AvgIpc) is 2.70. The van der Waals surface area contributed by atoms with Gasteiger partial charge in [0.05, 0.1) is 25.8 Å². The van der Waals surface area contributed by atoms with Crippen LogP contribution in [0.1, 0.15) is 22.8 Å². The molecule has 2 aromatic carbocycles. The lowest BCUT2D eigenvalue weighted by Crippen LogP contribution is -2.38. The zero-order valence-corrected chi connectivity index (χ0v) is 17.4. The van der Waals surface area contributed by atoms with Crippen molar-refractivity contribution < 1.29 is 19.1 Å². The lowest BCUT2D eigenvalue weighted by molar-refractivity contribution is -0.119. The number of anilines is 2. The van der Waals surface area contributed by atoms with E-state index in [4.69, 9.17) is 11.6 Å². The fraction of sp³-hybridized carbons (Fsp3) is 0.286. The van der Waals surface area contributed by atoms with Crippen LogP contribution in [0.25, 0.3) is 0 Å². The van der Waals surface area contributed by atoms with Gasteiger partial charge < -0.3 is 15.4 Å². The molecule has 0 saturated carbocycles. The first kappa shape index (κ1) is 22.4. The van der Waals surface area contributed by atoms with Gasteiger partial charge in [0.25, 0.3) is 0 Å². The monoisotopic (exact) mass is 417 g/mol. The molecule has 7 nitrogen and oxygen atoms in total. The molecule has 29 heavy (non-hydrogen) atoms. The highest BCUT2D eigenvalue weighted by Crippen LogP contribution is 2.20. The number of hydrogen-bond acceptors (Lipinski definition) is 5. The van der Waals surface area contributed by atoms with Gasteiger partial charge in [0.15, 0.2) is 0 Å². The van der Waals surface area contributed by atoms with Crippen LogP contribution in [0.4, 0.5) is 11.4 Å². The fourth-order valence-corrected chi connectivity index (χ4v) is 2.78. The largest absolute Gasteiger partial charge is 0.465 e. The van der Waals surface area contributed by atoms with E-state index in [1.807, 2.05) is 19.9 Å². The minimum Gasteiger partial charge on any atom is -0.465 e. The molecule has 0 spiro atoms. The van der Waals surface area contributed by atoms with Crippen LogP contribution < -0.4 is 10.6 Å². The van der Waals surface area contributed by atoms with Gasteiger partial charge in [0, 0.05) is 16.4 Å². The van der Waals surface area contributed by atoms with Gasteiger partial charge in [-0.05, 0) is 55.4 Å². The highest BCUT2D eigenvalue weighted by atomic mass is 35.5. The number of esters is 1. The van der Waals surface area contributed by atoms with Crippen LogP contribution in [0.15, 0.2) is 42.5 Å². The number of methoxy groups -OCH3 is 1. The number of nitrogens with one attached hydrogen (secondary N) is 2. The quantitative estimate of drug-likeness (QED) is 0.643. The molecule has 2 N–H and O–H groups in total. The molecule has 0 aliphatic rings. The maximum atomic E-state index is 12.3. The summed E-state index contributed by atoms with van der Waals surface area (Å²) in [5.74, 6) is -0.933. The highest BCUT2D eigenvalue weighted by molar-refractivity contribution is 6.31. The molecule has 8 heteroatoms. The maximum absolute atomic E-state index is 12.3. The summed E-state index contributed by atoms with van der Waals surface area (Å²) in [6, 6.07) is 11.7. The first-order valence-electron chi connectivity index (χ1n) is 9.09. The number of aryl methyl sites for hydroxylation is 1. The predicted molar refractivity (Wildman–Crippen MR) is 113 cm³/mol. The fourth-order valence-electron chi connectivity index (χ4n) is 2.61. The van der Waals surface area contributed by atoms with Gasteiger partial charge in [-0.1, -0.05) is 24.6 Å². The number of carbonyl (C=O) groups excluding carboxylic acids is 3. The van der Waals surface area contributed by atoms with E-state index in [0.29, 0.717) is 28.5 Å². The number of rotatable bonds is 8. The standard InChI is InChI=1S/C21H24ClN3O4/c1-4-25(13-20(27)24-18-11-16(22)8-5-14(18)2)12-19(26)23-17-9-6-15(7-10-17)21(28)29-3/h5-11H,4,12-13H2,1-3H3,(H,23,26)(H,24,27). The van der Waals surface area contributed by atoms with E-state index in [9.17, 15) is 14.4 Å². The minimum atomic E-state index is -0.444. The number of carbonyl (C=O) groups is 3. The Morgan fingerprint density at radius 1 is 1.00 bits per heavy atom. The van der Waals surface area contributed by atoms with Crippen LogP contribution in [0.3, 0.4) is 0 Å². The third kappa shape index (κ3) is 6.89. The first-order valence-corrected chi connectivity index (χ1v) is 9.46. The van der Waals surface area contributed by atoms with Crippen LogP contribution in [-0.2, 0) is 14.3 Å². The normalized spacial score (nSPS) is 10.5. The topological polar surface area (TPSA) is 87.7 Å². The van der Waals surface area contributed by atoms with Crippen molar-refractivity contribution in [3.63, 3.8) is 0 Å². The molecule has 0 heterocycles. The zero-order chi connectivity index (χ0) is 21.4. The van der Waals surface area contributed by atoms with Gasteiger partial charge in [-0.15, -0.1) is 0 Å². The number of benzene rings is 2. The summed E-state index contributed by atoms with van der Waals surface area (Å²) in [5.41, 5.74) is 2.50. The molecular formula is C21H24ClN3O4. The van der Waals surface area contributed by atoms with Crippen LogP contribution in [-0.4, -0.2) is 49.4 Å². The third-order valence-electron chi connectivity index (χ3n) is 4.25. The summed E-state index contributed by atoms with van der Waals surface area (Å²) in [4.78, 5) is 37.8. The van der Waals surface area contributed by atoms with Gasteiger partial charge in [0.1, 0.15) is 0 Å². The Balaban J connectivity index is 1.89. The number of halogens is 1. The lowest BCUT2D eigenvalue weighted by Gasteiger charge is -2.20. The van der Waals surface area contributed by atoms with Crippen molar-refractivity contribution in [2.75, 3.05) is 37.4 Å². The number of amides is 2. The second-order valence-corrected chi connectivity index (χ2v) is 6.86. The summed E-state index contributed by atoms with van der Waals surface area (Å²) >= 11 is 5.97. The van der Waals surface area contributed by atoms with Crippen LogP contribution in [0, 0.1) is 6.92 Å². The molecule has 0 radical (unpaired) electrons. The molecule has 0 fully saturated rings. The van der Waals surface area contributed by atoms with Crippen LogP contribution in [0.5, 0.6) is 0 Å². The Morgan fingerprint density at radius 3 is 2.21 bits per heavy atom. The van der Waals surface area contributed by atoms with E-state index in [0.717, 1.165) is 5.56 Å². The second-order valence-electron chi connectivity index (χ2n) is 6.43. The molecule has 0 aliphatic heterocycles. The Morgan fingerprint density at radius 2 is 1.62 bits per heavy atom. The van der Waals surface area contributed by atoms with E-state index in [2.05, 4.69) is 15.4 Å². The lowest BCUT2D eigenvalue weighted by atomic mass is 10.2. The maximum Gasteiger partial charge on any atom is 0.337 e. The molecule has 0 aromatic heterocycles. The Bertz CT molecular complexity index is 884. The smallest absolute Gasteiger partial charge is 0.337 e. The van der Waals surface area contributed by atoms with Crippen molar-refractivity contribution in [1.29, 1.82) is 0 Å². The third-order valence-corrected chi connectivity index (χ3v) is 4.48. The average molecular weight is 418 g/mol. The van der Waals surface area contributed by atoms with E-state index in [1.54, 1.807) is 41.3 Å². The SMILES string of the molecule is CCN(CC(=O)Nc1ccc(C(=O)OC)cc1)CC(=O)Nc1cc(Cl)ccc1C. The summed E-state index contributed by atoms with van der Waals surface area (Å²) in [7, 11) is 1.31. The summed E-state index contributed by atoms with van der Waals surface area (Å²) in [5, 5.41) is 6.11. The molecule has 0 atom stereocenters. The van der Waals surface area contributed by atoms with E-state index in [1.165, 1.54) is 7.11 Å². The van der Waals surface area contributed by atoms with Gasteiger partial charge in [0.2, 0.25) is 11.8 Å². The molecular weight excluding hydrogens is 394 g/mol. The van der Waals surface area contributed by atoms with Gasteiger partial charge in [-0.3, -0.25) is 14.5 Å². The summed E-state index contributed by atoms with van der Waals surface area (Å²) in [6.07, 6.45) is 0. The van der Waals surface area contributed by atoms with Gasteiger partial charge >= 0.3 is 5.97 Å². The second kappa shape index (κ2) is 10.6. The van der Waals surface area contributed by atoms with E-state index < -0.39 is 5.97 Å². The molecule has 2 rings (SSSR count).